The van der Waals surface area contributed by atoms with Crippen molar-refractivity contribution in [2.75, 3.05) is 23.9 Å². The maximum atomic E-state index is 13.1. The van der Waals surface area contributed by atoms with Gasteiger partial charge in [0.1, 0.15) is 18.2 Å². The molecule has 0 radical (unpaired) electrons. The molecule has 2 aromatic carbocycles. The van der Waals surface area contributed by atoms with Gasteiger partial charge >= 0.3 is 0 Å². The molecule has 0 bridgehead atoms. The second-order valence-electron chi connectivity index (χ2n) is 6.72. The van der Waals surface area contributed by atoms with Gasteiger partial charge in [0, 0.05) is 31.5 Å². The van der Waals surface area contributed by atoms with Crippen LogP contribution in [0.1, 0.15) is 12.2 Å². The van der Waals surface area contributed by atoms with Crippen LogP contribution in [-0.4, -0.2) is 35.4 Å². The van der Waals surface area contributed by atoms with Gasteiger partial charge in [-0.25, -0.2) is 9.37 Å². The summed E-state index contributed by atoms with van der Waals surface area (Å²) in [6.45, 7) is 0.639. The van der Waals surface area contributed by atoms with E-state index in [2.05, 4.69) is 15.3 Å². The Morgan fingerprint density at radius 3 is 2.86 bits per heavy atom. The predicted octanol–water partition coefficient (Wildman–Crippen LogP) is 2.84. The number of carbonyl (C=O) groups is 2. The SMILES string of the molecule is COCc1nc2ccc(NC(=O)[C@H]3CC(=O)N(c4ccc(F)cc4)C3)cc2[nH]1. The highest BCUT2D eigenvalue weighted by Gasteiger charge is 2.35. The number of fused-ring (bicyclic) bond motifs is 1. The van der Waals surface area contributed by atoms with Gasteiger partial charge in [-0.2, -0.15) is 0 Å². The van der Waals surface area contributed by atoms with Crippen molar-refractivity contribution in [3.05, 3.63) is 54.1 Å². The quantitative estimate of drug-likeness (QED) is 0.710. The molecule has 1 atom stereocenters. The largest absolute Gasteiger partial charge is 0.377 e. The van der Waals surface area contributed by atoms with E-state index in [9.17, 15) is 14.0 Å². The number of aromatic amines is 1. The van der Waals surface area contributed by atoms with Crippen LogP contribution in [0.3, 0.4) is 0 Å². The summed E-state index contributed by atoms with van der Waals surface area (Å²) in [6, 6.07) is 11.1. The zero-order valence-electron chi connectivity index (χ0n) is 15.2. The molecule has 2 amide bonds. The number of hydrogen-bond acceptors (Lipinski definition) is 4. The summed E-state index contributed by atoms with van der Waals surface area (Å²) in [5.74, 6) is -0.516. The van der Waals surface area contributed by atoms with Crippen molar-refractivity contribution >= 4 is 34.2 Å². The van der Waals surface area contributed by atoms with E-state index >= 15 is 0 Å². The minimum Gasteiger partial charge on any atom is -0.377 e. The van der Waals surface area contributed by atoms with Gasteiger partial charge in [-0.15, -0.1) is 0 Å². The molecule has 0 spiro atoms. The molecule has 2 heterocycles. The second-order valence-corrected chi connectivity index (χ2v) is 6.72. The first-order valence-electron chi connectivity index (χ1n) is 8.88. The standard InChI is InChI=1S/C20H19FN4O3/c1-28-11-18-23-16-7-4-14(9-17(16)24-18)22-20(27)12-8-19(26)25(10-12)15-5-2-13(21)3-6-15/h2-7,9,12H,8,10-11H2,1H3,(H,22,27)(H,23,24)/t12-/m0/s1. The lowest BCUT2D eigenvalue weighted by molar-refractivity contribution is -0.122. The van der Waals surface area contributed by atoms with Gasteiger partial charge in [0.2, 0.25) is 11.8 Å². The Morgan fingerprint density at radius 2 is 2.11 bits per heavy atom. The molecule has 1 fully saturated rings. The van der Waals surface area contributed by atoms with Gasteiger partial charge in [-0.1, -0.05) is 0 Å². The first-order valence-corrected chi connectivity index (χ1v) is 8.88. The predicted molar refractivity (Wildman–Crippen MR) is 102 cm³/mol. The molecule has 144 valence electrons. The van der Waals surface area contributed by atoms with Gasteiger partial charge in [-0.05, 0) is 42.5 Å². The number of ether oxygens (including phenoxy) is 1. The number of H-pyrrole nitrogens is 1. The van der Waals surface area contributed by atoms with Gasteiger partial charge < -0.3 is 19.9 Å². The molecule has 1 aliphatic heterocycles. The third-order valence-corrected chi connectivity index (χ3v) is 4.71. The van der Waals surface area contributed by atoms with E-state index in [1.54, 1.807) is 19.2 Å². The van der Waals surface area contributed by atoms with Crippen LogP contribution >= 0.6 is 0 Å². The van der Waals surface area contributed by atoms with Crippen molar-refractivity contribution in [2.45, 2.75) is 13.0 Å². The van der Waals surface area contributed by atoms with Crippen LogP contribution < -0.4 is 10.2 Å². The van der Waals surface area contributed by atoms with Crippen molar-refractivity contribution in [2.24, 2.45) is 5.92 Å². The molecule has 28 heavy (non-hydrogen) atoms. The van der Waals surface area contributed by atoms with Gasteiger partial charge in [0.15, 0.2) is 0 Å². The third-order valence-electron chi connectivity index (χ3n) is 4.71. The Morgan fingerprint density at radius 1 is 1.32 bits per heavy atom. The molecular weight excluding hydrogens is 363 g/mol. The van der Waals surface area contributed by atoms with Crippen LogP contribution in [0.5, 0.6) is 0 Å². The van der Waals surface area contributed by atoms with Crippen molar-refractivity contribution in [3.8, 4) is 0 Å². The topological polar surface area (TPSA) is 87.3 Å². The molecule has 0 aliphatic carbocycles. The highest BCUT2D eigenvalue weighted by atomic mass is 19.1. The van der Waals surface area contributed by atoms with Gasteiger partial charge in [-0.3, -0.25) is 9.59 Å². The van der Waals surface area contributed by atoms with E-state index in [1.807, 2.05) is 6.07 Å². The number of anilines is 2. The monoisotopic (exact) mass is 382 g/mol. The lowest BCUT2D eigenvalue weighted by atomic mass is 10.1. The van der Waals surface area contributed by atoms with E-state index in [0.29, 0.717) is 23.8 Å². The van der Waals surface area contributed by atoms with Crippen molar-refractivity contribution < 1.29 is 18.7 Å². The first-order chi connectivity index (χ1) is 13.5. The Kier molecular flexibility index (Phi) is 4.79. The van der Waals surface area contributed by atoms with E-state index < -0.39 is 5.92 Å². The minimum atomic E-state index is -0.473. The van der Waals surface area contributed by atoms with E-state index in [1.165, 1.54) is 29.2 Å². The Labute approximate surface area is 160 Å². The smallest absolute Gasteiger partial charge is 0.229 e. The summed E-state index contributed by atoms with van der Waals surface area (Å²) < 4.78 is 18.2. The average molecular weight is 382 g/mol. The maximum Gasteiger partial charge on any atom is 0.229 e. The summed E-state index contributed by atoms with van der Waals surface area (Å²) in [5.41, 5.74) is 2.79. The Balaban J connectivity index is 1.45. The fourth-order valence-electron chi connectivity index (χ4n) is 3.34. The van der Waals surface area contributed by atoms with Crippen molar-refractivity contribution in [3.63, 3.8) is 0 Å². The van der Waals surface area contributed by atoms with Crippen LogP contribution in [-0.2, 0) is 20.9 Å². The molecule has 0 saturated carbocycles. The Hall–Kier alpha value is -3.26. The number of methoxy groups -OCH3 is 1. The molecule has 1 aromatic heterocycles. The number of benzene rings is 2. The molecular formula is C20H19FN4O3. The lowest BCUT2D eigenvalue weighted by Gasteiger charge is -2.16. The van der Waals surface area contributed by atoms with Crippen molar-refractivity contribution in [1.82, 2.24) is 9.97 Å². The van der Waals surface area contributed by atoms with Crippen LogP contribution in [0.4, 0.5) is 15.8 Å². The minimum absolute atomic E-state index is 0.119. The molecule has 2 N–H and O–H groups in total. The summed E-state index contributed by atoms with van der Waals surface area (Å²) in [4.78, 5) is 34.0. The number of carbonyl (C=O) groups excluding carboxylic acids is 2. The van der Waals surface area contributed by atoms with Crippen LogP contribution in [0, 0.1) is 11.7 Å². The number of amides is 2. The molecule has 0 unspecified atom stereocenters. The lowest BCUT2D eigenvalue weighted by Crippen LogP contribution is -2.28. The molecule has 8 heteroatoms. The first kappa shape index (κ1) is 18.1. The summed E-state index contributed by atoms with van der Waals surface area (Å²) in [5, 5.41) is 2.86. The number of aromatic nitrogens is 2. The second kappa shape index (κ2) is 7.40. The number of rotatable bonds is 5. The fourth-order valence-corrected chi connectivity index (χ4v) is 3.34. The van der Waals surface area contributed by atoms with Gasteiger partial charge in [0.25, 0.3) is 0 Å². The molecule has 1 aliphatic rings. The van der Waals surface area contributed by atoms with Crippen LogP contribution in [0.25, 0.3) is 11.0 Å². The van der Waals surface area contributed by atoms with Crippen molar-refractivity contribution in [1.29, 1.82) is 0 Å². The van der Waals surface area contributed by atoms with E-state index in [0.717, 1.165) is 11.0 Å². The van der Waals surface area contributed by atoms with E-state index in [4.69, 9.17) is 4.74 Å². The normalized spacial score (nSPS) is 16.7. The highest BCUT2D eigenvalue weighted by Crippen LogP contribution is 2.26. The molecule has 4 rings (SSSR count). The fraction of sp³-hybridized carbons (Fsp3) is 0.250. The van der Waals surface area contributed by atoms with Gasteiger partial charge in [0.05, 0.1) is 17.0 Å². The number of nitrogens with one attached hydrogen (secondary N) is 2. The number of imidazole rings is 1. The molecule has 7 nitrogen and oxygen atoms in total. The van der Waals surface area contributed by atoms with E-state index in [-0.39, 0.29) is 30.6 Å². The highest BCUT2D eigenvalue weighted by molar-refractivity contribution is 6.03. The summed E-state index contributed by atoms with van der Waals surface area (Å²) in [7, 11) is 1.59. The zero-order valence-corrected chi connectivity index (χ0v) is 15.2. The average Bonchev–Trinajstić information content (AvgIpc) is 3.25. The number of halogens is 1. The summed E-state index contributed by atoms with van der Waals surface area (Å²) in [6.07, 6.45) is 0.119. The third kappa shape index (κ3) is 3.59. The van der Waals surface area contributed by atoms with Crippen LogP contribution in [0.2, 0.25) is 0 Å². The summed E-state index contributed by atoms with van der Waals surface area (Å²) >= 11 is 0. The molecule has 3 aromatic rings. The Bertz CT molecular complexity index is 1030. The van der Waals surface area contributed by atoms with Crippen LogP contribution in [0.15, 0.2) is 42.5 Å². The number of hydrogen-bond donors (Lipinski definition) is 2. The number of nitrogens with zero attached hydrogens (tertiary/aromatic N) is 2. The zero-order chi connectivity index (χ0) is 19.7. The molecule has 1 saturated heterocycles. The maximum absolute atomic E-state index is 13.1.